The summed E-state index contributed by atoms with van der Waals surface area (Å²) in [5, 5.41) is 3.76. The number of hydrazone groups is 1. The van der Waals surface area contributed by atoms with Crippen LogP contribution in [0, 0.1) is 5.82 Å². The molecule has 1 amide bonds. The van der Waals surface area contributed by atoms with Crippen LogP contribution in [-0.2, 0) is 4.79 Å². The van der Waals surface area contributed by atoms with Gasteiger partial charge in [-0.3, -0.25) is 4.79 Å². The highest BCUT2D eigenvalue weighted by atomic mass is 32.2. The number of rotatable bonds is 5. The third-order valence-electron chi connectivity index (χ3n) is 2.90. The van der Waals surface area contributed by atoms with Gasteiger partial charge in [0.2, 0.25) is 0 Å². The number of fused-ring (bicyclic) bond motifs is 1. The molecule has 0 fully saturated rings. The highest BCUT2D eigenvalue weighted by Crippen LogP contribution is 2.28. The van der Waals surface area contributed by atoms with Crippen LogP contribution in [-0.4, -0.2) is 22.9 Å². The van der Waals surface area contributed by atoms with Crippen LogP contribution in [0.1, 0.15) is 5.56 Å². The first-order valence-electron chi connectivity index (χ1n) is 6.77. The first-order chi connectivity index (χ1) is 11.2. The molecule has 3 rings (SSSR count). The molecule has 0 radical (unpaired) electrons. The van der Waals surface area contributed by atoms with Gasteiger partial charge in [-0.15, -0.1) is 11.3 Å². The molecule has 0 unspecified atom stereocenters. The van der Waals surface area contributed by atoms with Gasteiger partial charge in [0, 0.05) is 5.56 Å². The van der Waals surface area contributed by atoms with Crippen LogP contribution in [0.25, 0.3) is 10.2 Å². The molecule has 7 heteroatoms. The summed E-state index contributed by atoms with van der Waals surface area (Å²) in [6.45, 7) is 0. The molecular weight excluding hydrogens is 333 g/mol. The van der Waals surface area contributed by atoms with E-state index in [1.807, 2.05) is 24.3 Å². The maximum Gasteiger partial charge on any atom is 0.250 e. The molecule has 0 aliphatic heterocycles. The molecule has 4 nitrogen and oxygen atoms in total. The molecule has 23 heavy (non-hydrogen) atoms. The average molecular weight is 345 g/mol. The van der Waals surface area contributed by atoms with E-state index in [9.17, 15) is 9.18 Å². The molecule has 0 bridgehead atoms. The lowest BCUT2D eigenvalue weighted by Crippen LogP contribution is -2.19. The Kier molecular flexibility index (Phi) is 4.99. The Bertz CT molecular complexity index is 830. The zero-order chi connectivity index (χ0) is 16.1. The van der Waals surface area contributed by atoms with E-state index in [1.165, 1.54) is 24.0 Å². The van der Waals surface area contributed by atoms with E-state index in [0.29, 0.717) is 5.56 Å². The summed E-state index contributed by atoms with van der Waals surface area (Å²) in [4.78, 5) is 16.2. The SMILES string of the molecule is O=C(CSc1nc2ccccc2s1)N/N=C/c1ccccc1F. The molecule has 3 aromatic rings. The van der Waals surface area contributed by atoms with Gasteiger partial charge in [0.15, 0.2) is 4.34 Å². The Labute approximate surface area is 140 Å². The maximum absolute atomic E-state index is 13.4. The first-order valence-corrected chi connectivity index (χ1v) is 8.57. The second-order valence-corrected chi connectivity index (χ2v) is 6.80. The lowest BCUT2D eigenvalue weighted by molar-refractivity contribution is -0.118. The lowest BCUT2D eigenvalue weighted by atomic mass is 10.2. The molecule has 0 saturated heterocycles. The third-order valence-corrected chi connectivity index (χ3v) is 5.08. The monoisotopic (exact) mass is 345 g/mol. The summed E-state index contributed by atoms with van der Waals surface area (Å²) >= 11 is 2.90. The van der Waals surface area contributed by atoms with E-state index in [2.05, 4.69) is 15.5 Å². The topological polar surface area (TPSA) is 54.4 Å². The summed E-state index contributed by atoms with van der Waals surface area (Å²) < 4.78 is 15.3. The summed E-state index contributed by atoms with van der Waals surface area (Å²) in [5.41, 5.74) is 3.64. The van der Waals surface area contributed by atoms with E-state index >= 15 is 0 Å². The first kappa shape index (κ1) is 15.6. The summed E-state index contributed by atoms with van der Waals surface area (Å²) in [5.74, 6) is -0.440. The molecular formula is C16H12FN3OS2. The Morgan fingerprint density at radius 1 is 1.26 bits per heavy atom. The number of hydrogen-bond acceptors (Lipinski definition) is 5. The summed E-state index contributed by atoms with van der Waals surface area (Å²) in [6.07, 6.45) is 1.29. The number of thioether (sulfide) groups is 1. The highest BCUT2D eigenvalue weighted by Gasteiger charge is 2.07. The van der Waals surface area contributed by atoms with Crippen LogP contribution in [0.4, 0.5) is 4.39 Å². The number of amides is 1. The number of nitrogens with zero attached hydrogens (tertiary/aromatic N) is 2. The Hall–Kier alpha value is -2.25. The van der Waals surface area contributed by atoms with Gasteiger partial charge in [-0.2, -0.15) is 5.10 Å². The lowest BCUT2D eigenvalue weighted by Gasteiger charge is -1.98. The second kappa shape index (κ2) is 7.34. The molecule has 0 aliphatic carbocycles. The smallest absolute Gasteiger partial charge is 0.250 e. The fourth-order valence-electron chi connectivity index (χ4n) is 1.83. The van der Waals surface area contributed by atoms with Crippen LogP contribution in [0.5, 0.6) is 0 Å². The molecule has 116 valence electrons. The number of para-hydroxylation sites is 1. The van der Waals surface area contributed by atoms with E-state index in [1.54, 1.807) is 29.5 Å². The van der Waals surface area contributed by atoms with Gasteiger partial charge in [0.05, 0.1) is 22.2 Å². The van der Waals surface area contributed by atoms with Crippen molar-refractivity contribution in [2.45, 2.75) is 4.34 Å². The third kappa shape index (κ3) is 4.14. The van der Waals surface area contributed by atoms with Crippen molar-refractivity contribution in [1.29, 1.82) is 0 Å². The highest BCUT2D eigenvalue weighted by molar-refractivity contribution is 8.01. The van der Waals surface area contributed by atoms with E-state index in [-0.39, 0.29) is 17.5 Å². The number of halogens is 1. The van der Waals surface area contributed by atoms with Crippen molar-refractivity contribution in [3.05, 3.63) is 59.9 Å². The molecule has 1 N–H and O–H groups in total. The fraction of sp³-hybridized carbons (Fsp3) is 0.0625. The van der Waals surface area contributed by atoms with Crippen LogP contribution in [0.2, 0.25) is 0 Å². The van der Waals surface area contributed by atoms with Crippen molar-refractivity contribution in [2.75, 3.05) is 5.75 Å². The quantitative estimate of drug-likeness (QED) is 0.436. The van der Waals surface area contributed by atoms with Crippen LogP contribution < -0.4 is 5.43 Å². The van der Waals surface area contributed by atoms with E-state index < -0.39 is 0 Å². The molecule has 0 saturated carbocycles. The largest absolute Gasteiger partial charge is 0.272 e. The molecule has 1 heterocycles. The number of nitrogens with one attached hydrogen (secondary N) is 1. The standard InChI is InChI=1S/C16H12FN3OS2/c17-12-6-2-1-5-11(12)9-18-20-15(21)10-22-16-19-13-7-3-4-8-14(13)23-16/h1-9H,10H2,(H,20,21)/b18-9+. The van der Waals surface area contributed by atoms with Crippen LogP contribution in [0.15, 0.2) is 58.0 Å². The van der Waals surface area contributed by atoms with Gasteiger partial charge in [0.25, 0.3) is 5.91 Å². The minimum atomic E-state index is -0.380. The number of carbonyl (C=O) groups excluding carboxylic acids is 1. The minimum absolute atomic E-state index is 0.203. The van der Waals surface area contributed by atoms with Gasteiger partial charge < -0.3 is 0 Å². The average Bonchev–Trinajstić information content (AvgIpc) is 2.98. The van der Waals surface area contributed by atoms with Gasteiger partial charge in [-0.1, -0.05) is 42.1 Å². The van der Waals surface area contributed by atoms with Gasteiger partial charge in [-0.25, -0.2) is 14.8 Å². The zero-order valence-corrected chi connectivity index (χ0v) is 13.5. The zero-order valence-electron chi connectivity index (χ0n) is 11.9. The van der Waals surface area contributed by atoms with Crippen LogP contribution in [0.3, 0.4) is 0 Å². The normalized spacial score (nSPS) is 11.2. The molecule has 2 aromatic carbocycles. The van der Waals surface area contributed by atoms with E-state index in [0.717, 1.165) is 14.6 Å². The number of aromatic nitrogens is 1. The maximum atomic E-state index is 13.4. The predicted molar refractivity (Wildman–Crippen MR) is 92.5 cm³/mol. The number of thiazole rings is 1. The van der Waals surface area contributed by atoms with Gasteiger partial charge in [-0.05, 0) is 18.2 Å². The van der Waals surface area contributed by atoms with Crippen molar-refractivity contribution < 1.29 is 9.18 Å². The fourth-order valence-corrected chi connectivity index (χ4v) is 3.69. The van der Waals surface area contributed by atoms with Crippen molar-refractivity contribution in [1.82, 2.24) is 10.4 Å². The van der Waals surface area contributed by atoms with Crippen molar-refractivity contribution in [3.63, 3.8) is 0 Å². The molecule has 1 aromatic heterocycles. The molecule has 0 spiro atoms. The number of hydrogen-bond donors (Lipinski definition) is 1. The van der Waals surface area contributed by atoms with Gasteiger partial charge >= 0.3 is 0 Å². The number of carbonyl (C=O) groups is 1. The predicted octanol–water partition coefficient (Wildman–Crippen LogP) is 3.68. The van der Waals surface area contributed by atoms with Crippen molar-refractivity contribution in [2.24, 2.45) is 5.10 Å². The summed E-state index contributed by atoms with van der Waals surface area (Å²) in [6, 6.07) is 14.0. The Balaban J connectivity index is 1.52. The number of benzene rings is 2. The Morgan fingerprint density at radius 3 is 2.87 bits per heavy atom. The van der Waals surface area contributed by atoms with Crippen molar-refractivity contribution >= 4 is 45.4 Å². The van der Waals surface area contributed by atoms with Crippen LogP contribution >= 0.6 is 23.1 Å². The summed E-state index contributed by atoms with van der Waals surface area (Å²) in [7, 11) is 0. The minimum Gasteiger partial charge on any atom is -0.272 e. The molecule has 0 atom stereocenters. The van der Waals surface area contributed by atoms with E-state index in [4.69, 9.17) is 0 Å². The second-order valence-electron chi connectivity index (χ2n) is 4.55. The molecule has 0 aliphatic rings. The van der Waals surface area contributed by atoms with Crippen molar-refractivity contribution in [3.8, 4) is 0 Å². The van der Waals surface area contributed by atoms with Gasteiger partial charge in [0.1, 0.15) is 5.82 Å². The Morgan fingerprint density at radius 2 is 2.04 bits per heavy atom.